The quantitative estimate of drug-likeness (QED) is 0.280. The Hall–Kier alpha value is -4.38. The molecule has 0 spiro atoms. The highest BCUT2D eigenvalue weighted by atomic mass is 16.5. The molecule has 0 fully saturated rings. The lowest BCUT2D eigenvalue weighted by Gasteiger charge is -2.10. The second kappa shape index (κ2) is 11.3. The lowest BCUT2D eigenvalue weighted by Crippen LogP contribution is -2.24. The number of carbonyl (C=O) groups excluding carboxylic acids is 1. The number of amides is 1. The van der Waals surface area contributed by atoms with Gasteiger partial charge in [-0.05, 0) is 47.0 Å². The molecule has 0 saturated carbocycles. The molecule has 5 nitrogen and oxygen atoms in total. The van der Waals surface area contributed by atoms with Crippen molar-refractivity contribution >= 4 is 12.1 Å². The van der Waals surface area contributed by atoms with Crippen LogP contribution in [-0.4, -0.2) is 18.7 Å². The highest BCUT2D eigenvalue weighted by Crippen LogP contribution is 2.29. The lowest BCUT2D eigenvalue weighted by atomic mass is 10.1. The van der Waals surface area contributed by atoms with Crippen LogP contribution < -0.4 is 14.9 Å². The number of nitrogens with zero attached hydrogens (tertiary/aromatic N) is 1. The Morgan fingerprint density at radius 3 is 2.18 bits per heavy atom. The van der Waals surface area contributed by atoms with Gasteiger partial charge >= 0.3 is 0 Å². The summed E-state index contributed by atoms with van der Waals surface area (Å²) in [4.78, 5) is 12.2. The van der Waals surface area contributed by atoms with Gasteiger partial charge in [0.25, 0.3) is 5.91 Å². The maximum atomic E-state index is 12.2. The van der Waals surface area contributed by atoms with Gasteiger partial charge in [0.15, 0.2) is 6.61 Å². The predicted molar refractivity (Wildman–Crippen MR) is 130 cm³/mol. The number of benzene rings is 4. The maximum absolute atomic E-state index is 12.2. The smallest absolute Gasteiger partial charge is 0.277 e. The zero-order valence-electron chi connectivity index (χ0n) is 18.1. The van der Waals surface area contributed by atoms with Gasteiger partial charge in [0.2, 0.25) is 0 Å². The van der Waals surface area contributed by atoms with Crippen molar-refractivity contribution < 1.29 is 14.3 Å². The standard InChI is InChI=1S/C28H24N2O3/c31-28(21-33-27-14-8-7-13-26(27)24-11-5-2-6-12-24)30-29-19-22-15-17-25(18-16-22)32-20-23-9-3-1-4-10-23/h1-19H,20-21H2,(H,30,31)/b29-19-. The van der Waals surface area contributed by atoms with E-state index in [1.165, 1.54) is 0 Å². The first-order valence-electron chi connectivity index (χ1n) is 10.6. The van der Waals surface area contributed by atoms with Gasteiger partial charge in [0.1, 0.15) is 18.1 Å². The third-order valence-corrected chi connectivity index (χ3v) is 4.86. The molecule has 4 rings (SSSR count). The van der Waals surface area contributed by atoms with Crippen molar-refractivity contribution in [1.29, 1.82) is 0 Å². The van der Waals surface area contributed by atoms with Gasteiger partial charge in [-0.25, -0.2) is 5.43 Å². The molecule has 0 aromatic heterocycles. The molecule has 0 atom stereocenters. The number of hydrogen-bond acceptors (Lipinski definition) is 4. The fourth-order valence-electron chi connectivity index (χ4n) is 3.19. The minimum Gasteiger partial charge on any atom is -0.489 e. The Labute approximate surface area is 193 Å². The van der Waals surface area contributed by atoms with Crippen LogP contribution in [0.4, 0.5) is 0 Å². The van der Waals surface area contributed by atoms with Crippen molar-refractivity contribution in [2.24, 2.45) is 5.10 Å². The average molecular weight is 437 g/mol. The van der Waals surface area contributed by atoms with E-state index in [-0.39, 0.29) is 12.5 Å². The van der Waals surface area contributed by atoms with Crippen molar-refractivity contribution in [1.82, 2.24) is 5.43 Å². The fourth-order valence-corrected chi connectivity index (χ4v) is 3.19. The van der Waals surface area contributed by atoms with Gasteiger partial charge in [-0.3, -0.25) is 4.79 Å². The Balaban J connectivity index is 1.25. The zero-order chi connectivity index (χ0) is 22.7. The molecule has 1 N–H and O–H groups in total. The molecule has 4 aromatic carbocycles. The van der Waals surface area contributed by atoms with Crippen LogP contribution >= 0.6 is 0 Å². The highest BCUT2D eigenvalue weighted by molar-refractivity contribution is 5.83. The van der Waals surface area contributed by atoms with Gasteiger partial charge in [-0.2, -0.15) is 5.10 Å². The second-order valence-corrected chi connectivity index (χ2v) is 7.29. The number of para-hydroxylation sites is 1. The van der Waals surface area contributed by atoms with Crippen molar-refractivity contribution in [2.45, 2.75) is 6.61 Å². The monoisotopic (exact) mass is 436 g/mol. The molecule has 1 amide bonds. The molecule has 33 heavy (non-hydrogen) atoms. The molecular formula is C28H24N2O3. The summed E-state index contributed by atoms with van der Waals surface area (Å²) in [5, 5.41) is 4.01. The minimum absolute atomic E-state index is 0.131. The minimum atomic E-state index is -0.336. The molecule has 164 valence electrons. The Kier molecular flexibility index (Phi) is 7.48. The zero-order valence-corrected chi connectivity index (χ0v) is 18.1. The molecule has 0 aliphatic rings. The van der Waals surface area contributed by atoms with Gasteiger partial charge in [-0.15, -0.1) is 0 Å². The van der Waals surface area contributed by atoms with Crippen LogP contribution in [0.2, 0.25) is 0 Å². The first-order valence-corrected chi connectivity index (χ1v) is 10.6. The van der Waals surface area contributed by atoms with Crippen LogP contribution in [-0.2, 0) is 11.4 Å². The van der Waals surface area contributed by atoms with E-state index >= 15 is 0 Å². The van der Waals surface area contributed by atoms with E-state index in [9.17, 15) is 4.79 Å². The molecule has 0 saturated heterocycles. The molecular weight excluding hydrogens is 412 g/mol. The van der Waals surface area contributed by atoms with Crippen LogP contribution in [0.15, 0.2) is 114 Å². The molecule has 4 aromatic rings. The second-order valence-electron chi connectivity index (χ2n) is 7.29. The summed E-state index contributed by atoms with van der Waals surface area (Å²) in [6.45, 7) is 0.380. The van der Waals surface area contributed by atoms with Gasteiger partial charge in [0.05, 0.1) is 6.21 Å². The highest BCUT2D eigenvalue weighted by Gasteiger charge is 2.07. The largest absolute Gasteiger partial charge is 0.489 e. The van der Waals surface area contributed by atoms with Gasteiger partial charge < -0.3 is 9.47 Å². The van der Waals surface area contributed by atoms with E-state index in [0.29, 0.717) is 12.4 Å². The molecule has 0 aliphatic heterocycles. The normalized spacial score (nSPS) is 10.7. The lowest BCUT2D eigenvalue weighted by molar-refractivity contribution is -0.123. The number of carbonyl (C=O) groups is 1. The van der Waals surface area contributed by atoms with Crippen LogP contribution in [0, 0.1) is 0 Å². The number of hydrazone groups is 1. The fraction of sp³-hybridized carbons (Fsp3) is 0.0714. The third-order valence-electron chi connectivity index (χ3n) is 4.86. The van der Waals surface area contributed by atoms with Crippen LogP contribution in [0.25, 0.3) is 11.1 Å². The predicted octanol–water partition coefficient (Wildman–Crippen LogP) is 5.46. The van der Waals surface area contributed by atoms with E-state index in [0.717, 1.165) is 28.0 Å². The summed E-state index contributed by atoms with van der Waals surface area (Å²) in [6, 6.07) is 35.0. The van der Waals surface area contributed by atoms with Crippen molar-refractivity contribution in [2.75, 3.05) is 6.61 Å². The van der Waals surface area contributed by atoms with E-state index < -0.39 is 0 Å². The molecule has 0 aliphatic carbocycles. The van der Waals surface area contributed by atoms with E-state index in [1.54, 1.807) is 6.21 Å². The number of ether oxygens (including phenoxy) is 2. The summed E-state index contributed by atoms with van der Waals surface area (Å²) >= 11 is 0. The topological polar surface area (TPSA) is 59.9 Å². The maximum Gasteiger partial charge on any atom is 0.277 e. The number of hydrogen-bond donors (Lipinski definition) is 1. The first kappa shape index (κ1) is 21.8. The third kappa shape index (κ3) is 6.55. The van der Waals surface area contributed by atoms with Crippen molar-refractivity contribution in [3.63, 3.8) is 0 Å². The van der Waals surface area contributed by atoms with Gasteiger partial charge in [0, 0.05) is 5.56 Å². The average Bonchev–Trinajstić information content (AvgIpc) is 2.88. The molecule has 0 heterocycles. The number of rotatable bonds is 9. The van der Waals surface area contributed by atoms with Gasteiger partial charge in [-0.1, -0.05) is 78.9 Å². The summed E-state index contributed by atoms with van der Waals surface area (Å²) in [7, 11) is 0. The Bertz CT molecular complexity index is 1190. The van der Waals surface area contributed by atoms with Crippen molar-refractivity contribution in [3.05, 3.63) is 120 Å². The molecule has 0 unspecified atom stereocenters. The van der Waals surface area contributed by atoms with Crippen LogP contribution in [0.5, 0.6) is 11.5 Å². The summed E-state index contributed by atoms with van der Waals surface area (Å²) in [5.74, 6) is 1.08. The summed E-state index contributed by atoms with van der Waals surface area (Å²) in [6.07, 6.45) is 1.58. The van der Waals surface area contributed by atoms with E-state index in [1.807, 2.05) is 109 Å². The Morgan fingerprint density at radius 1 is 0.758 bits per heavy atom. The first-order chi connectivity index (χ1) is 16.3. The van der Waals surface area contributed by atoms with Crippen LogP contribution in [0.3, 0.4) is 0 Å². The Morgan fingerprint density at radius 2 is 1.42 bits per heavy atom. The van der Waals surface area contributed by atoms with E-state index in [2.05, 4.69) is 10.5 Å². The number of nitrogens with one attached hydrogen (secondary N) is 1. The molecule has 5 heteroatoms. The molecule has 0 radical (unpaired) electrons. The van der Waals surface area contributed by atoms with Crippen LogP contribution in [0.1, 0.15) is 11.1 Å². The SMILES string of the molecule is O=C(COc1ccccc1-c1ccccc1)N/N=C\c1ccc(OCc2ccccc2)cc1. The summed E-state index contributed by atoms with van der Waals surface area (Å²) < 4.78 is 11.5. The summed E-state index contributed by atoms with van der Waals surface area (Å²) in [5.41, 5.74) is 6.42. The van der Waals surface area contributed by atoms with E-state index in [4.69, 9.17) is 9.47 Å². The van der Waals surface area contributed by atoms with Crippen molar-refractivity contribution in [3.8, 4) is 22.6 Å². The molecule has 0 bridgehead atoms.